The highest BCUT2D eigenvalue weighted by Gasteiger charge is 2.60. The molecule has 1 fully saturated rings. The van der Waals surface area contributed by atoms with Gasteiger partial charge in [-0.1, -0.05) is 30.3 Å². The lowest BCUT2D eigenvalue weighted by atomic mass is 10.00. The Kier molecular flexibility index (Phi) is 3.20. The lowest BCUT2D eigenvalue weighted by molar-refractivity contribution is -0.135. The fraction of sp³-hybridized carbons (Fsp3) is 0.500. The van der Waals surface area contributed by atoms with Crippen molar-refractivity contribution in [1.82, 2.24) is 4.90 Å². The summed E-state index contributed by atoms with van der Waals surface area (Å²) in [7, 11) is 0. The zero-order valence-electron chi connectivity index (χ0n) is 10.6. The first-order valence-corrected chi connectivity index (χ1v) is 6.15. The number of epoxide rings is 1. The molecule has 2 atom stereocenters. The van der Waals surface area contributed by atoms with Gasteiger partial charge in [-0.25, -0.2) is 0 Å². The Morgan fingerprint density at radius 2 is 1.88 bits per heavy atom. The van der Waals surface area contributed by atoms with Crippen LogP contribution in [0.25, 0.3) is 0 Å². The van der Waals surface area contributed by atoms with Gasteiger partial charge in [0.05, 0.1) is 0 Å². The molecule has 3 heteroatoms. The third kappa shape index (κ3) is 2.07. The van der Waals surface area contributed by atoms with Crippen molar-refractivity contribution in [2.75, 3.05) is 13.1 Å². The summed E-state index contributed by atoms with van der Waals surface area (Å²) in [5.74, 6) is 0.0938. The number of nitrogens with zero attached hydrogens (tertiary/aromatic N) is 1. The monoisotopic (exact) mass is 233 g/mol. The quantitative estimate of drug-likeness (QED) is 0.748. The molecule has 0 N–H and O–H groups in total. The predicted molar refractivity (Wildman–Crippen MR) is 66.6 cm³/mol. The second-order valence-electron chi connectivity index (χ2n) is 4.49. The van der Waals surface area contributed by atoms with E-state index in [4.69, 9.17) is 4.74 Å². The van der Waals surface area contributed by atoms with Gasteiger partial charge in [0.25, 0.3) is 5.91 Å². The maximum absolute atomic E-state index is 12.3. The topological polar surface area (TPSA) is 32.8 Å². The SMILES string of the molecule is CCN(CC)C(=O)C1(C)OC1c1ccccc1. The Morgan fingerprint density at radius 3 is 2.41 bits per heavy atom. The van der Waals surface area contributed by atoms with Crippen LogP contribution in [-0.2, 0) is 9.53 Å². The molecule has 0 aromatic heterocycles. The highest BCUT2D eigenvalue weighted by Crippen LogP contribution is 2.50. The van der Waals surface area contributed by atoms with Crippen molar-refractivity contribution in [1.29, 1.82) is 0 Å². The van der Waals surface area contributed by atoms with Gasteiger partial charge in [-0.15, -0.1) is 0 Å². The van der Waals surface area contributed by atoms with E-state index in [0.29, 0.717) is 0 Å². The van der Waals surface area contributed by atoms with E-state index in [1.54, 1.807) is 0 Å². The highest BCUT2D eigenvalue weighted by atomic mass is 16.6. The molecule has 0 bridgehead atoms. The molecule has 3 nitrogen and oxygen atoms in total. The molecule has 17 heavy (non-hydrogen) atoms. The van der Waals surface area contributed by atoms with E-state index in [2.05, 4.69) is 0 Å². The largest absolute Gasteiger partial charge is 0.351 e. The molecule has 1 amide bonds. The molecule has 0 aliphatic carbocycles. The van der Waals surface area contributed by atoms with Crippen LogP contribution in [0.15, 0.2) is 30.3 Å². The molecule has 1 saturated heterocycles. The number of carbonyl (C=O) groups is 1. The lowest BCUT2D eigenvalue weighted by Crippen LogP contribution is -2.40. The van der Waals surface area contributed by atoms with Crippen molar-refractivity contribution >= 4 is 5.91 Å². The van der Waals surface area contributed by atoms with E-state index in [-0.39, 0.29) is 12.0 Å². The average Bonchev–Trinajstić information content (AvgIpc) is 3.06. The predicted octanol–water partition coefficient (Wildman–Crippen LogP) is 2.39. The Bertz CT molecular complexity index is 400. The fourth-order valence-electron chi connectivity index (χ4n) is 2.21. The van der Waals surface area contributed by atoms with Crippen molar-refractivity contribution in [3.63, 3.8) is 0 Å². The van der Waals surface area contributed by atoms with Crippen LogP contribution >= 0.6 is 0 Å². The molecule has 1 heterocycles. The molecule has 1 aromatic rings. The third-order valence-corrected chi connectivity index (χ3v) is 3.38. The number of likely N-dealkylation sites (N-methyl/N-ethyl adjacent to an activating group) is 1. The maximum Gasteiger partial charge on any atom is 0.257 e. The molecule has 1 aliphatic heterocycles. The lowest BCUT2D eigenvalue weighted by Gasteiger charge is -2.21. The van der Waals surface area contributed by atoms with Crippen molar-refractivity contribution in [3.05, 3.63) is 35.9 Å². The van der Waals surface area contributed by atoms with E-state index >= 15 is 0 Å². The molecule has 0 spiro atoms. The number of rotatable bonds is 4. The Hall–Kier alpha value is -1.35. The summed E-state index contributed by atoms with van der Waals surface area (Å²) in [6.07, 6.45) is -0.0863. The van der Waals surface area contributed by atoms with Crippen molar-refractivity contribution in [2.24, 2.45) is 0 Å². The first kappa shape index (κ1) is 12.1. The summed E-state index contributed by atoms with van der Waals surface area (Å²) in [6, 6.07) is 9.92. The number of hydrogen-bond donors (Lipinski definition) is 0. The zero-order valence-corrected chi connectivity index (χ0v) is 10.6. The first-order chi connectivity index (χ1) is 8.13. The number of amides is 1. The van der Waals surface area contributed by atoms with Gasteiger partial charge in [0.15, 0.2) is 5.60 Å². The Labute approximate surface area is 102 Å². The van der Waals surface area contributed by atoms with E-state index in [9.17, 15) is 4.79 Å². The van der Waals surface area contributed by atoms with Gasteiger partial charge in [-0.05, 0) is 26.3 Å². The Morgan fingerprint density at radius 1 is 1.29 bits per heavy atom. The van der Waals surface area contributed by atoms with Crippen LogP contribution in [0.2, 0.25) is 0 Å². The molecule has 0 radical (unpaired) electrons. The number of benzene rings is 1. The van der Waals surface area contributed by atoms with Crippen LogP contribution in [0.1, 0.15) is 32.4 Å². The van der Waals surface area contributed by atoms with E-state index in [0.717, 1.165) is 18.7 Å². The van der Waals surface area contributed by atoms with Gasteiger partial charge in [0.1, 0.15) is 6.10 Å². The number of carbonyl (C=O) groups excluding carboxylic acids is 1. The van der Waals surface area contributed by atoms with Crippen LogP contribution < -0.4 is 0 Å². The van der Waals surface area contributed by atoms with Crippen LogP contribution in [0, 0.1) is 0 Å². The average molecular weight is 233 g/mol. The minimum atomic E-state index is -0.659. The van der Waals surface area contributed by atoms with E-state index < -0.39 is 5.60 Å². The summed E-state index contributed by atoms with van der Waals surface area (Å²) in [4.78, 5) is 14.1. The molecular weight excluding hydrogens is 214 g/mol. The minimum Gasteiger partial charge on any atom is -0.351 e. The summed E-state index contributed by atoms with van der Waals surface area (Å²) in [6.45, 7) is 7.33. The summed E-state index contributed by atoms with van der Waals surface area (Å²) >= 11 is 0. The molecule has 92 valence electrons. The van der Waals surface area contributed by atoms with E-state index in [1.807, 2.05) is 56.0 Å². The smallest absolute Gasteiger partial charge is 0.257 e. The van der Waals surface area contributed by atoms with Crippen LogP contribution in [0.3, 0.4) is 0 Å². The molecule has 1 aliphatic rings. The highest BCUT2D eigenvalue weighted by molar-refractivity contribution is 5.88. The Balaban J connectivity index is 2.12. The summed E-state index contributed by atoms with van der Waals surface area (Å²) in [5, 5.41) is 0. The second-order valence-corrected chi connectivity index (χ2v) is 4.49. The molecule has 2 rings (SSSR count). The van der Waals surface area contributed by atoms with Gasteiger partial charge in [0, 0.05) is 13.1 Å². The van der Waals surface area contributed by atoms with Gasteiger partial charge in [-0.3, -0.25) is 4.79 Å². The second kappa shape index (κ2) is 4.49. The van der Waals surface area contributed by atoms with Gasteiger partial charge in [0.2, 0.25) is 0 Å². The summed E-state index contributed by atoms with van der Waals surface area (Å²) in [5.41, 5.74) is 0.420. The number of hydrogen-bond acceptors (Lipinski definition) is 2. The zero-order chi connectivity index (χ0) is 12.5. The van der Waals surface area contributed by atoms with E-state index in [1.165, 1.54) is 0 Å². The van der Waals surface area contributed by atoms with Crippen molar-refractivity contribution in [3.8, 4) is 0 Å². The van der Waals surface area contributed by atoms with Crippen molar-refractivity contribution in [2.45, 2.75) is 32.5 Å². The molecular formula is C14H19NO2. The number of ether oxygens (including phenoxy) is 1. The first-order valence-electron chi connectivity index (χ1n) is 6.15. The molecule has 2 unspecified atom stereocenters. The van der Waals surface area contributed by atoms with Crippen molar-refractivity contribution < 1.29 is 9.53 Å². The fourth-order valence-corrected chi connectivity index (χ4v) is 2.21. The standard InChI is InChI=1S/C14H19NO2/c1-4-15(5-2)13(16)14(3)12(17-14)11-9-7-6-8-10-11/h6-10,12H,4-5H2,1-3H3. The van der Waals surface area contributed by atoms with Crippen LogP contribution in [0.4, 0.5) is 0 Å². The molecule has 0 saturated carbocycles. The minimum absolute atomic E-state index is 0.0863. The van der Waals surface area contributed by atoms with Gasteiger partial charge < -0.3 is 9.64 Å². The third-order valence-electron chi connectivity index (χ3n) is 3.38. The summed E-state index contributed by atoms with van der Waals surface area (Å²) < 4.78 is 5.65. The van der Waals surface area contributed by atoms with Crippen LogP contribution in [-0.4, -0.2) is 29.5 Å². The van der Waals surface area contributed by atoms with Crippen LogP contribution in [0.5, 0.6) is 0 Å². The van der Waals surface area contributed by atoms with Gasteiger partial charge >= 0.3 is 0 Å². The maximum atomic E-state index is 12.3. The molecule has 1 aromatic carbocycles. The normalized spacial score (nSPS) is 26.6. The van der Waals surface area contributed by atoms with Gasteiger partial charge in [-0.2, -0.15) is 0 Å².